The smallest absolute Gasteiger partial charge is 0.122 e. The average molecular weight is 316 g/mol. The summed E-state index contributed by atoms with van der Waals surface area (Å²) in [5.74, 6) is 1.61. The van der Waals surface area contributed by atoms with Gasteiger partial charge in [-0.15, -0.1) is 0 Å². The quantitative estimate of drug-likeness (QED) is 0.561. The molecule has 0 spiro atoms. The highest BCUT2D eigenvalue weighted by Crippen LogP contribution is 2.35. The molecule has 3 rings (SSSR count). The van der Waals surface area contributed by atoms with Crippen LogP contribution in [0.5, 0.6) is 5.75 Å². The van der Waals surface area contributed by atoms with Crippen LogP contribution >= 0.6 is 0 Å². The van der Waals surface area contributed by atoms with Gasteiger partial charge in [-0.3, -0.25) is 0 Å². The van der Waals surface area contributed by atoms with Crippen LogP contribution in [-0.4, -0.2) is 7.11 Å². The van der Waals surface area contributed by atoms with Crippen molar-refractivity contribution in [1.82, 2.24) is 0 Å². The van der Waals surface area contributed by atoms with E-state index in [4.69, 9.17) is 4.74 Å². The van der Waals surface area contributed by atoms with Crippen molar-refractivity contribution in [3.05, 3.63) is 101 Å². The fourth-order valence-corrected chi connectivity index (χ4v) is 3.22. The summed E-state index contributed by atoms with van der Waals surface area (Å²) in [5, 5.41) is 0. The standard InChI is InChI=1S/C23H24O/c1-17(19-10-6-4-7-11-19)21-14-15-23(24-3)22(16-21)18(2)20-12-8-5-9-13-20/h4-18H,1-3H3/t17-,18+/m1/s1. The highest BCUT2D eigenvalue weighted by Gasteiger charge is 2.16. The molecular weight excluding hydrogens is 292 g/mol. The number of benzene rings is 3. The summed E-state index contributed by atoms with van der Waals surface area (Å²) in [7, 11) is 1.75. The molecule has 0 fully saturated rings. The lowest BCUT2D eigenvalue weighted by molar-refractivity contribution is 0.408. The van der Waals surface area contributed by atoms with Crippen molar-refractivity contribution in [1.29, 1.82) is 0 Å². The summed E-state index contributed by atoms with van der Waals surface area (Å²) >= 11 is 0. The average Bonchev–Trinajstić information content (AvgIpc) is 2.67. The van der Waals surface area contributed by atoms with Crippen LogP contribution in [0.3, 0.4) is 0 Å². The molecule has 0 unspecified atom stereocenters. The van der Waals surface area contributed by atoms with E-state index in [1.165, 1.54) is 22.3 Å². The molecular formula is C23H24O. The first-order chi connectivity index (χ1) is 11.7. The van der Waals surface area contributed by atoms with Crippen molar-refractivity contribution in [2.45, 2.75) is 25.7 Å². The highest BCUT2D eigenvalue weighted by molar-refractivity contribution is 5.46. The maximum absolute atomic E-state index is 5.63. The lowest BCUT2D eigenvalue weighted by atomic mass is 9.87. The van der Waals surface area contributed by atoms with Crippen LogP contribution in [-0.2, 0) is 0 Å². The second-order valence-corrected chi connectivity index (χ2v) is 6.27. The third-order valence-electron chi connectivity index (χ3n) is 4.82. The second kappa shape index (κ2) is 7.35. The van der Waals surface area contributed by atoms with E-state index in [2.05, 4.69) is 92.7 Å². The van der Waals surface area contributed by atoms with E-state index in [0.29, 0.717) is 11.8 Å². The molecule has 1 nitrogen and oxygen atoms in total. The molecule has 24 heavy (non-hydrogen) atoms. The topological polar surface area (TPSA) is 9.23 Å². The Kier molecular flexibility index (Phi) is 5.00. The van der Waals surface area contributed by atoms with Gasteiger partial charge in [0.1, 0.15) is 5.75 Å². The first-order valence-electron chi connectivity index (χ1n) is 8.48. The zero-order valence-electron chi connectivity index (χ0n) is 14.6. The number of rotatable bonds is 5. The van der Waals surface area contributed by atoms with Crippen molar-refractivity contribution < 1.29 is 4.74 Å². The van der Waals surface area contributed by atoms with Gasteiger partial charge in [0.05, 0.1) is 7.11 Å². The minimum absolute atomic E-state index is 0.295. The molecule has 0 amide bonds. The van der Waals surface area contributed by atoms with Gasteiger partial charge in [-0.25, -0.2) is 0 Å². The van der Waals surface area contributed by atoms with E-state index in [-0.39, 0.29) is 0 Å². The Morgan fingerprint density at radius 2 is 1.17 bits per heavy atom. The summed E-state index contributed by atoms with van der Waals surface area (Å²) in [6, 6.07) is 27.8. The highest BCUT2D eigenvalue weighted by atomic mass is 16.5. The molecule has 0 saturated carbocycles. The lowest BCUT2D eigenvalue weighted by Crippen LogP contribution is -2.03. The van der Waals surface area contributed by atoms with E-state index in [1.807, 2.05) is 0 Å². The summed E-state index contributed by atoms with van der Waals surface area (Å²) < 4.78 is 5.63. The second-order valence-electron chi connectivity index (χ2n) is 6.27. The molecule has 122 valence electrons. The van der Waals surface area contributed by atoms with Crippen LogP contribution in [0.4, 0.5) is 0 Å². The molecule has 0 bridgehead atoms. The molecule has 3 aromatic rings. The molecule has 0 aliphatic rings. The van der Waals surface area contributed by atoms with Gasteiger partial charge in [0.2, 0.25) is 0 Å². The van der Waals surface area contributed by atoms with Gasteiger partial charge in [-0.1, -0.05) is 86.6 Å². The van der Waals surface area contributed by atoms with Crippen LogP contribution in [0.1, 0.15) is 47.9 Å². The summed E-state index contributed by atoms with van der Waals surface area (Å²) in [4.78, 5) is 0. The molecule has 0 N–H and O–H groups in total. The Labute approximate surface area is 144 Å². The van der Waals surface area contributed by atoms with Gasteiger partial charge in [0.25, 0.3) is 0 Å². The molecule has 3 aromatic carbocycles. The van der Waals surface area contributed by atoms with Gasteiger partial charge < -0.3 is 4.74 Å². The van der Waals surface area contributed by atoms with Crippen molar-refractivity contribution in [3.63, 3.8) is 0 Å². The maximum Gasteiger partial charge on any atom is 0.122 e. The summed E-state index contributed by atoms with van der Waals surface area (Å²) in [6.45, 7) is 4.50. The Bertz CT molecular complexity index is 778. The summed E-state index contributed by atoms with van der Waals surface area (Å²) in [5.41, 5.74) is 5.20. The minimum Gasteiger partial charge on any atom is -0.496 e. The van der Waals surface area contributed by atoms with E-state index in [0.717, 1.165) is 5.75 Å². The number of hydrogen-bond donors (Lipinski definition) is 0. The van der Waals surface area contributed by atoms with Gasteiger partial charge in [0.15, 0.2) is 0 Å². The third-order valence-corrected chi connectivity index (χ3v) is 4.82. The zero-order chi connectivity index (χ0) is 16.9. The Hall–Kier alpha value is -2.54. The molecule has 0 aromatic heterocycles. The maximum atomic E-state index is 5.63. The molecule has 1 heteroatoms. The fraction of sp³-hybridized carbons (Fsp3) is 0.217. The normalized spacial score (nSPS) is 13.3. The van der Waals surface area contributed by atoms with Gasteiger partial charge in [-0.2, -0.15) is 0 Å². The predicted molar refractivity (Wildman–Crippen MR) is 101 cm³/mol. The lowest BCUT2D eigenvalue weighted by Gasteiger charge is -2.20. The Balaban J connectivity index is 2.00. The molecule has 0 heterocycles. The van der Waals surface area contributed by atoms with E-state index in [1.54, 1.807) is 7.11 Å². The molecule has 2 atom stereocenters. The Morgan fingerprint density at radius 1 is 0.625 bits per heavy atom. The van der Waals surface area contributed by atoms with Crippen molar-refractivity contribution >= 4 is 0 Å². The van der Waals surface area contributed by atoms with Gasteiger partial charge in [-0.05, 0) is 22.8 Å². The first kappa shape index (κ1) is 16.3. The number of hydrogen-bond acceptors (Lipinski definition) is 1. The number of ether oxygens (including phenoxy) is 1. The molecule has 0 saturated heterocycles. The van der Waals surface area contributed by atoms with Crippen LogP contribution in [0.15, 0.2) is 78.9 Å². The van der Waals surface area contributed by atoms with E-state index in [9.17, 15) is 0 Å². The van der Waals surface area contributed by atoms with Crippen molar-refractivity contribution in [2.24, 2.45) is 0 Å². The number of methoxy groups -OCH3 is 1. The fourth-order valence-electron chi connectivity index (χ4n) is 3.22. The van der Waals surface area contributed by atoms with Crippen LogP contribution < -0.4 is 4.74 Å². The van der Waals surface area contributed by atoms with Crippen molar-refractivity contribution in [2.75, 3.05) is 7.11 Å². The van der Waals surface area contributed by atoms with Gasteiger partial charge in [0, 0.05) is 17.4 Å². The molecule has 0 aliphatic heterocycles. The van der Waals surface area contributed by atoms with Gasteiger partial charge >= 0.3 is 0 Å². The summed E-state index contributed by atoms with van der Waals surface area (Å²) in [6.07, 6.45) is 0. The predicted octanol–water partition coefficient (Wildman–Crippen LogP) is 6.00. The Morgan fingerprint density at radius 3 is 1.71 bits per heavy atom. The largest absolute Gasteiger partial charge is 0.496 e. The monoisotopic (exact) mass is 316 g/mol. The zero-order valence-corrected chi connectivity index (χ0v) is 14.6. The van der Waals surface area contributed by atoms with Crippen LogP contribution in [0.2, 0.25) is 0 Å². The SMILES string of the molecule is COc1ccc([C@H](C)c2ccccc2)cc1[C@@H](C)c1ccccc1. The van der Waals surface area contributed by atoms with Crippen LogP contribution in [0, 0.1) is 0 Å². The van der Waals surface area contributed by atoms with Crippen molar-refractivity contribution in [3.8, 4) is 5.75 Å². The molecule has 0 radical (unpaired) electrons. The molecule has 0 aliphatic carbocycles. The van der Waals surface area contributed by atoms with E-state index < -0.39 is 0 Å². The minimum atomic E-state index is 0.295. The first-order valence-corrected chi connectivity index (χ1v) is 8.48. The van der Waals surface area contributed by atoms with E-state index >= 15 is 0 Å². The third kappa shape index (κ3) is 3.35. The van der Waals surface area contributed by atoms with Crippen LogP contribution in [0.25, 0.3) is 0 Å².